The highest BCUT2D eigenvalue weighted by atomic mass is 19.4. The molecule has 1 atom stereocenters. The molecule has 24 heavy (non-hydrogen) atoms. The van der Waals surface area contributed by atoms with E-state index in [1.54, 1.807) is 0 Å². The van der Waals surface area contributed by atoms with Crippen molar-refractivity contribution in [1.82, 2.24) is 19.6 Å². The van der Waals surface area contributed by atoms with E-state index in [1.165, 1.54) is 31.8 Å². The summed E-state index contributed by atoms with van der Waals surface area (Å²) in [5, 5.41) is 9.65. The van der Waals surface area contributed by atoms with Crippen LogP contribution in [0.15, 0.2) is 12.3 Å². The normalized spacial score (nSPS) is 12.9. The van der Waals surface area contributed by atoms with E-state index in [9.17, 15) is 22.8 Å². The second-order valence-corrected chi connectivity index (χ2v) is 5.17. The highest BCUT2D eigenvalue weighted by Gasteiger charge is 2.35. The SMILES string of the molecule is Cc1cc(C(F)(F)F)nn1C(C)C(=O)Nc1cnn(C)c1C(N)=O. The van der Waals surface area contributed by atoms with E-state index in [-0.39, 0.29) is 17.1 Å². The number of aromatic nitrogens is 4. The largest absolute Gasteiger partial charge is 0.435 e. The van der Waals surface area contributed by atoms with E-state index in [1.807, 2.05) is 0 Å². The van der Waals surface area contributed by atoms with Crippen molar-refractivity contribution in [3.63, 3.8) is 0 Å². The number of primary amides is 1. The maximum Gasteiger partial charge on any atom is 0.435 e. The lowest BCUT2D eigenvalue weighted by Gasteiger charge is -2.14. The lowest BCUT2D eigenvalue weighted by Crippen LogP contribution is -2.27. The number of hydrogen-bond acceptors (Lipinski definition) is 4. The van der Waals surface area contributed by atoms with E-state index in [0.29, 0.717) is 0 Å². The quantitative estimate of drug-likeness (QED) is 0.870. The molecule has 0 fully saturated rings. The standard InChI is InChI=1S/C13H15F3N6O2/c1-6-4-9(13(14,15)16)20-22(6)7(2)12(24)19-8-5-18-21(3)10(8)11(17)23/h4-5,7H,1-3H3,(H2,17,23)(H,19,24). The van der Waals surface area contributed by atoms with Crippen LogP contribution in [0.3, 0.4) is 0 Å². The fourth-order valence-corrected chi connectivity index (χ4v) is 2.19. The molecule has 2 aromatic rings. The number of hydrogen-bond donors (Lipinski definition) is 2. The lowest BCUT2D eigenvalue weighted by atomic mass is 10.2. The Balaban J connectivity index is 2.25. The minimum absolute atomic E-state index is 0.0243. The molecule has 11 heteroatoms. The van der Waals surface area contributed by atoms with Crippen molar-refractivity contribution in [2.24, 2.45) is 12.8 Å². The Kier molecular flexibility index (Phi) is 4.36. The summed E-state index contributed by atoms with van der Waals surface area (Å²) in [5.74, 6) is -1.46. The van der Waals surface area contributed by atoms with Crippen molar-refractivity contribution in [1.29, 1.82) is 0 Å². The predicted octanol–water partition coefficient (Wildman–Crippen LogP) is 1.24. The molecule has 0 saturated heterocycles. The van der Waals surface area contributed by atoms with E-state index in [2.05, 4.69) is 15.5 Å². The van der Waals surface area contributed by atoms with Crippen LogP contribution >= 0.6 is 0 Å². The molecule has 2 amide bonds. The molecule has 0 aliphatic heterocycles. The molecule has 0 aliphatic carbocycles. The molecular formula is C13H15F3N6O2. The molecule has 0 saturated carbocycles. The second kappa shape index (κ2) is 5.98. The summed E-state index contributed by atoms with van der Waals surface area (Å²) in [4.78, 5) is 23.6. The molecule has 0 radical (unpaired) electrons. The van der Waals surface area contributed by atoms with Crippen LogP contribution in [0, 0.1) is 6.92 Å². The third-order valence-corrected chi connectivity index (χ3v) is 3.39. The van der Waals surface area contributed by atoms with Crippen molar-refractivity contribution in [2.75, 3.05) is 5.32 Å². The first kappa shape index (κ1) is 17.5. The first-order valence-corrected chi connectivity index (χ1v) is 6.78. The van der Waals surface area contributed by atoms with Crippen LogP contribution in [-0.2, 0) is 18.0 Å². The third kappa shape index (κ3) is 3.24. The molecule has 8 nitrogen and oxygen atoms in total. The molecule has 1 unspecified atom stereocenters. The minimum atomic E-state index is -4.60. The molecule has 3 N–H and O–H groups in total. The topological polar surface area (TPSA) is 108 Å². The van der Waals surface area contributed by atoms with Crippen LogP contribution in [0.5, 0.6) is 0 Å². The predicted molar refractivity (Wildman–Crippen MR) is 77.0 cm³/mol. The van der Waals surface area contributed by atoms with Gasteiger partial charge in [-0.2, -0.15) is 23.4 Å². The van der Waals surface area contributed by atoms with Gasteiger partial charge >= 0.3 is 6.18 Å². The molecule has 2 aromatic heterocycles. The molecular weight excluding hydrogens is 329 g/mol. The Labute approximate surface area is 134 Å². The maximum atomic E-state index is 12.7. The lowest BCUT2D eigenvalue weighted by molar-refractivity contribution is -0.141. The number of halogens is 3. The Morgan fingerprint density at radius 3 is 2.50 bits per heavy atom. The number of nitrogens with one attached hydrogen (secondary N) is 1. The Hall–Kier alpha value is -2.85. The molecule has 0 spiro atoms. The van der Waals surface area contributed by atoms with Gasteiger partial charge in [-0.25, -0.2) is 0 Å². The summed E-state index contributed by atoms with van der Waals surface area (Å²) >= 11 is 0. The van der Waals surface area contributed by atoms with Crippen LogP contribution in [0.2, 0.25) is 0 Å². The van der Waals surface area contributed by atoms with Crippen LogP contribution in [-0.4, -0.2) is 31.4 Å². The van der Waals surface area contributed by atoms with Crippen molar-refractivity contribution >= 4 is 17.5 Å². The van der Waals surface area contributed by atoms with Gasteiger partial charge in [-0.1, -0.05) is 0 Å². The van der Waals surface area contributed by atoms with Crippen LogP contribution in [0.4, 0.5) is 18.9 Å². The number of rotatable bonds is 4. The summed E-state index contributed by atoms with van der Waals surface area (Å²) in [6.45, 7) is 2.79. The van der Waals surface area contributed by atoms with E-state index < -0.39 is 29.7 Å². The van der Waals surface area contributed by atoms with Gasteiger partial charge in [0.25, 0.3) is 5.91 Å². The summed E-state index contributed by atoms with van der Waals surface area (Å²) in [6.07, 6.45) is -3.38. The Morgan fingerprint density at radius 2 is 2.00 bits per heavy atom. The van der Waals surface area contributed by atoms with Gasteiger partial charge in [0.2, 0.25) is 5.91 Å². The molecule has 2 heterocycles. The number of anilines is 1. The first-order chi connectivity index (χ1) is 11.0. The zero-order valence-corrected chi connectivity index (χ0v) is 13.0. The average Bonchev–Trinajstić information content (AvgIpc) is 3.01. The number of nitrogens with two attached hydrogens (primary N) is 1. The van der Waals surface area contributed by atoms with Gasteiger partial charge < -0.3 is 11.1 Å². The van der Waals surface area contributed by atoms with Gasteiger partial charge in [-0.15, -0.1) is 0 Å². The Bertz CT molecular complexity index is 792. The highest BCUT2D eigenvalue weighted by molar-refractivity contribution is 6.02. The van der Waals surface area contributed by atoms with Crippen molar-refractivity contribution in [3.8, 4) is 0 Å². The Morgan fingerprint density at radius 1 is 1.38 bits per heavy atom. The van der Waals surface area contributed by atoms with Crippen LogP contribution in [0.25, 0.3) is 0 Å². The third-order valence-electron chi connectivity index (χ3n) is 3.39. The van der Waals surface area contributed by atoms with Gasteiger partial charge in [0.15, 0.2) is 5.69 Å². The molecule has 0 aromatic carbocycles. The number of alkyl halides is 3. The van der Waals surface area contributed by atoms with Gasteiger partial charge in [-0.3, -0.25) is 19.0 Å². The maximum absolute atomic E-state index is 12.7. The summed E-state index contributed by atoms with van der Waals surface area (Å²) in [6, 6.07) is -0.190. The van der Waals surface area contributed by atoms with E-state index in [4.69, 9.17) is 5.73 Å². The first-order valence-electron chi connectivity index (χ1n) is 6.78. The fraction of sp³-hybridized carbons (Fsp3) is 0.385. The van der Waals surface area contributed by atoms with Crippen LogP contribution < -0.4 is 11.1 Å². The summed E-state index contributed by atoms with van der Waals surface area (Å²) in [7, 11) is 1.46. The second-order valence-electron chi connectivity index (χ2n) is 5.17. The molecule has 0 aliphatic rings. The minimum Gasteiger partial charge on any atom is -0.364 e. The van der Waals surface area contributed by atoms with Crippen LogP contribution in [0.1, 0.15) is 34.8 Å². The van der Waals surface area contributed by atoms with Gasteiger partial charge in [0.1, 0.15) is 11.7 Å². The highest BCUT2D eigenvalue weighted by Crippen LogP contribution is 2.29. The smallest absolute Gasteiger partial charge is 0.364 e. The van der Waals surface area contributed by atoms with Crippen molar-refractivity contribution < 1.29 is 22.8 Å². The van der Waals surface area contributed by atoms with E-state index >= 15 is 0 Å². The molecule has 2 rings (SSSR count). The monoisotopic (exact) mass is 344 g/mol. The summed E-state index contributed by atoms with van der Waals surface area (Å²) in [5.41, 5.74) is 4.34. The van der Waals surface area contributed by atoms with Gasteiger partial charge in [0.05, 0.1) is 11.9 Å². The zero-order chi connectivity index (χ0) is 18.2. The zero-order valence-electron chi connectivity index (χ0n) is 13.0. The van der Waals surface area contributed by atoms with Crippen molar-refractivity contribution in [3.05, 3.63) is 29.3 Å². The molecule has 0 bridgehead atoms. The molecule has 130 valence electrons. The number of aryl methyl sites for hydroxylation is 2. The number of carbonyl (C=O) groups is 2. The number of carbonyl (C=O) groups excluding carboxylic acids is 2. The van der Waals surface area contributed by atoms with Gasteiger partial charge in [-0.05, 0) is 19.9 Å². The summed E-state index contributed by atoms with van der Waals surface area (Å²) < 4.78 is 40.2. The van der Waals surface area contributed by atoms with Crippen molar-refractivity contribution in [2.45, 2.75) is 26.1 Å². The average molecular weight is 344 g/mol. The number of amides is 2. The van der Waals surface area contributed by atoms with E-state index in [0.717, 1.165) is 10.7 Å². The number of nitrogens with zero attached hydrogens (tertiary/aromatic N) is 4. The van der Waals surface area contributed by atoms with Gasteiger partial charge in [0, 0.05) is 12.7 Å². The fourth-order valence-electron chi connectivity index (χ4n) is 2.19.